The lowest BCUT2D eigenvalue weighted by molar-refractivity contribution is 0.0683. The molecule has 1 rings (SSSR count). The van der Waals surface area contributed by atoms with Gasteiger partial charge in [-0.25, -0.2) is 0 Å². The number of hydrogen-bond acceptors (Lipinski definition) is 3. The van der Waals surface area contributed by atoms with Crippen LogP contribution in [0.3, 0.4) is 0 Å². The van der Waals surface area contributed by atoms with Gasteiger partial charge in [-0.3, -0.25) is 10.6 Å². The number of nitrogens with two attached hydrogens (primary N) is 1. The van der Waals surface area contributed by atoms with E-state index >= 15 is 0 Å². The number of carbonyl (C=O) groups excluding carboxylic acids is 1. The number of hydrogen-bond donors (Lipinski definition) is 2. The molecule has 0 heterocycles. The standard InChI is InChI=1S/C14H22ClN3O/c1-9(2)8-18(10(3)4)14(19)12-7-11(15)5-6-13(12)17-16/h5-7,9-10,17H,8,16H2,1-4H3. The van der Waals surface area contributed by atoms with E-state index in [0.29, 0.717) is 28.7 Å². The van der Waals surface area contributed by atoms with Crippen LogP contribution in [0.2, 0.25) is 5.02 Å². The molecule has 19 heavy (non-hydrogen) atoms. The Morgan fingerprint density at radius 1 is 1.37 bits per heavy atom. The summed E-state index contributed by atoms with van der Waals surface area (Å²) in [4.78, 5) is 14.5. The average molecular weight is 284 g/mol. The SMILES string of the molecule is CC(C)CN(C(=O)c1cc(Cl)ccc1NN)C(C)C. The van der Waals surface area contributed by atoms with E-state index in [9.17, 15) is 4.79 Å². The summed E-state index contributed by atoms with van der Waals surface area (Å²) >= 11 is 5.97. The molecule has 5 heteroatoms. The molecular weight excluding hydrogens is 262 g/mol. The average Bonchev–Trinajstić information content (AvgIpc) is 2.34. The molecule has 0 unspecified atom stereocenters. The molecule has 4 nitrogen and oxygen atoms in total. The maximum Gasteiger partial charge on any atom is 0.256 e. The van der Waals surface area contributed by atoms with Gasteiger partial charge in [0.25, 0.3) is 5.91 Å². The van der Waals surface area contributed by atoms with E-state index in [1.165, 1.54) is 0 Å². The third-order valence-electron chi connectivity index (χ3n) is 2.81. The summed E-state index contributed by atoms with van der Waals surface area (Å²) in [5, 5.41) is 0.524. The van der Waals surface area contributed by atoms with E-state index in [2.05, 4.69) is 19.3 Å². The Bertz CT molecular complexity index is 446. The summed E-state index contributed by atoms with van der Waals surface area (Å²) in [7, 11) is 0. The molecule has 1 amide bonds. The van der Waals surface area contributed by atoms with Gasteiger partial charge >= 0.3 is 0 Å². The number of anilines is 1. The van der Waals surface area contributed by atoms with E-state index in [4.69, 9.17) is 17.4 Å². The molecule has 0 aliphatic rings. The smallest absolute Gasteiger partial charge is 0.256 e. The fraction of sp³-hybridized carbons (Fsp3) is 0.500. The fourth-order valence-corrected chi connectivity index (χ4v) is 2.07. The van der Waals surface area contributed by atoms with E-state index in [-0.39, 0.29) is 11.9 Å². The number of hydrazine groups is 1. The zero-order valence-corrected chi connectivity index (χ0v) is 12.7. The molecule has 0 atom stereocenters. The zero-order chi connectivity index (χ0) is 14.6. The van der Waals surface area contributed by atoms with Crippen molar-refractivity contribution in [1.82, 2.24) is 4.90 Å². The molecule has 0 aliphatic heterocycles. The number of carbonyl (C=O) groups is 1. The number of nitrogens with zero attached hydrogens (tertiary/aromatic N) is 1. The first-order valence-electron chi connectivity index (χ1n) is 6.44. The van der Waals surface area contributed by atoms with Gasteiger partial charge < -0.3 is 10.3 Å². The Morgan fingerprint density at radius 3 is 2.47 bits per heavy atom. The predicted octanol–water partition coefficient (Wildman–Crippen LogP) is 3.13. The molecule has 3 N–H and O–H groups in total. The lowest BCUT2D eigenvalue weighted by Gasteiger charge is -2.29. The molecule has 0 spiro atoms. The summed E-state index contributed by atoms with van der Waals surface area (Å²) in [5.74, 6) is 5.80. The van der Waals surface area contributed by atoms with Crippen LogP contribution >= 0.6 is 11.6 Å². The van der Waals surface area contributed by atoms with Crippen molar-refractivity contribution in [1.29, 1.82) is 0 Å². The third-order valence-corrected chi connectivity index (χ3v) is 3.05. The van der Waals surface area contributed by atoms with Gasteiger partial charge in [-0.1, -0.05) is 25.4 Å². The molecule has 1 aromatic carbocycles. The van der Waals surface area contributed by atoms with Crippen LogP contribution in [-0.2, 0) is 0 Å². The maximum atomic E-state index is 12.6. The molecular formula is C14H22ClN3O. The first kappa shape index (κ1) is 15.8. The van der Waals surface area contributed by atoms with Crippen molar-refractivity contribution in [2.75, 3.05) is 12.0 Å². The highest BCUT2D eigenvalue weighted by atomic mass is 35.5. The van der Waals surface area contributed by atoms with Gasteiger partial charge in [0.05, 0.1) is 11.3 Å². The van der Waals surface area contributed by atoms with Crippen molar-refractivity contribution in [2.24, 2.45) is 11.8 Å². The van der Waals surface area contributed by atoms with E-state index in [1.807, 2.05) is 18.7 Å². The van der Waals surface area contributed by atoms with E-state index in [0.717, 1.165) is 0 Å². The summed E-state index contributed by atoms with van der Waals surface area (Å²) in [6.07, 6.45) is 0. The summed E-state index contributed by atoms with van der Waals surface area (Å²) in [6, 6.07) is 5.19. The van der Waals surface area contributed by atoms with E-state index in [1.54, 1.807) is 18.2 Å². The highest BCUT2D eigenvalue weighted by Gasteiger charge is 2.22. The summed E-state index contributed by atoms with van der Waals surface area (Å²) in [6.45, 7) is 8.87. The Balaban J connectivity index is 3.12. The Labute approximate surface area is 119 Å². The topological polar surface area (TPSA) is 58.4 Å². The van der Waals surface area contributed by atoms with Crippen LogP contribution in [0.4, 0.5) is 5.69 Å². The van der Waals surface area contributed by atoms with Crippen LogP contribution < -0.4 is 11.3 Å². The quantitative estimate of drug-likeness (QED) is 0.645. The molecule has 0 aromatic heterocycles. The second-order valence-corrected chi connectivity index (χ2v) is 5.72. The number of nitrogens with one attached hydrogen (secondary N) is 1. The first-order valence-corrected chi connectivity index (χ1v) is 6.81. The second-order valence-electron chi connectivity index (χ2n) is 5.28. The fourth-order valence-electron chi connectivity index (χ4n) is 1.90. The minimum absolute atomic E-state index is 0.0563. The molecule has 0 radical (unpaired) electrons. The van der Waals surface area contributed by atoms with Crippen molar-refractivity contribution < 1.29 is 4.79 Å². The van der Waals surface area contributed by atoms with Gasteiger partial charge in [-0.15, -0.1) is 0 Å². The van der Waals surface area contributed by atoms with Crippen LogP contribution in [-0.4, -0.2) is 23.4 Å². The monoisotopic (exact) mass is 283 g/mol. The van der Waals surface area contributed by atoms with Crippen LogP contribution in [0.1, 0.15) is 38.1 Å². The zero-order valence-electron chi connectivity index (χ0n) is 11.9. The predicted molar refractivity (Wildman–Crippen MR) is 80.3 cm³/mol. The van der Waals surface area contributed by atoms with Crippen LogP contribution in [0, 0.1) is 5.92 Å². The van der Waals surface area contributed by atoms with Gasteiger partial charge in [0.2, 0.25) is 0 Å². The lowest BCUT2D eigenvalue weighted by Crippen LogP contribution is -2.40. The van der Waals surface area contributed by atoms with Crippen LogP contribution in [0.15, 0.2) is 18.2 Å². The number of rotatable bonds is 5. The molecule has 0 saturated carbocycles. The number of amides is 1. The van der Waals surface area contributed by atoms with Gasteiger partial charge in [0.15, 0.2) is 0 Å². The maximum absolute atomic E-state index is 12.6. The third kappa shape index (κ3) is 4.11. The second kappa shape index (κ2) is 6.78. The van der Waals surface area contributed by atoms with Crippen molar-refractivity contribution in [3.63, 3.8) is 0 Å². The van der Waals surface area contributed by atoms with Gasteiger partial charge in [-0.2, -0.15) is 0 Å². The Morgan fingerprint density at radius 2 is 2.00 bits per heavy atom. The van der Waals surface area contributed by atoms with Gasteiger partial charge in [-0.05, 0) is 38.0 Å². The van der Waals surface area contributed by atoms with Crippen LogP contribution in [0.25, 0.3) is 0 Å². The minimum atomic E-state index is -0.0563. The van der Waals surface area contributed by atoms with Crippen molar-refractivity contribution in [2.45, 2.75) is 33.7 Å². The van der Waals surface area contributed by atoms with Crippen molar-refractivity contribution >= 4 is 23.2 Å². The number of nitrogen functional groups attached to an aromatic ring is 1. The molecule has 1 aromatic rings. The Hall–Kier alpha value is -1.26. The minimum Gasteiger partial charge on any atom is -0.336 e. The lowest BCUT2D eigenvalue weighted by atomic mass is 10.1. The van der Waals surface area contributed by atoms with Gasteiger partial charge in [0, 0.05) is 17.6 Å². The highest BCUT2D eigenvalue weighted by molar-refractivity contribution is 6.31. The van der Waals surface area contributed by atoms with Crippen LogP contribution in [0.5, 0.6) is 0 Å². The molecule has 0 fully saturated rings. The molecule has 0 aliphatic carbocycles. The first-order chi connectivity index (χ1) is 8.86. The molecule has 106 valence electrons. The van der Waals surface area contributed by atoms with Crippen molar-refractivity contribution in [3.8, 4) is 0 Å². The molecule has 0 bridgehead atoms. The van der Waals surface area contributed by atoms with Crippen molar-refractivity contribution in [3.05, 3.63) is 28.8 Å². The summed E-state index contributed by atoms with van der Waals surface area (Å²) < 4.78 is 0. The number of halogens is 1. The summed E-state index contributed by atoms with van der Waals surface area (Å²) in [5.41, 5.74) is 3.64. The van der Waals surface area contributed by atoms with E-state index < -0.39 is 0 Å². The normalized spacial score (nSPS) is 10.9. The highest BCUT2D eigenvalue weighted by Crippen LogP contribution is 2.22. The number of benzene rings is 1. The largest absolute Gasteiger partial charge is 0.336 e. The van der Waals surface area contributed by atoms with Gasteiger partial charge in [0.1, 0.15) is 0 Å². The molecule has 0 saturated heterocycles. The Kier molecular flexibility index (Phi) is 5.63.